The minimum Gasteiger partial charge on any atom is -0.508 e. The summed E-state index contributed by atoms with van der Waals surface area (Å²) in [7, 11) is 3.73. The maximum atomic E-state index is 15.4. The smallest absolute Gasteiger partial charge is 0.265 e. The van der Waals surface area contributed by atoms with Gasteiger partial charge in [-0.05, 0) is 98.3 Å². The second-order valence-corrected chi connectivity index (χ2v) is 17.3. The average Bonchev–Trinajstić information content (AvgIpc) is 3.97. The number of nitriles is 1. The number of phenols is 1. The molecule has 1 atom stereocenters. The molecule has 0 fully saturated rings. The number of amides is 3. The quantitative estimate of drug-likeness (QED) is 0.154. The molecule has 0 bridgehead atoms. The number of anilines is 1. The summed E-state index contributed by atoms with van der Waals surface area (Å²) < 4.78 is 3.78. The van der Waals surface area contributed by atoms with E-state index in [-0.39, 0.29) is 29.5 Å². The summed E-state index contributed by atoms with van der Waals surface area (Å²) in [5.41, 5.74) is 11.1. The van der Waals surface area contributed by atoms with Gasteiger partial charge in [0.05, 0.1) is 17.5 Å². The van der Waals surface area contributed by atoms with Crippen molar-refractivity contribution in [1.29, 1.82) is 5.26 Å². The fourth-order valence-corrected chi connectivity index (χ4v) is 9.85. The van der Waals surface area contributed by atoms with E-state index in [0.29, 0.717) is 87.9 Å². The molecule has 2 N–H and O–H groups in total. The van der Waals surface area contributed by atoms with Crippen LogP contribution in [0.5, 0.6) is 5.75 Å². The summed E-state index contributed by atoms with van der Waals surface area (Å²) >= 11 is 1.37. The first-order valence-corrected chi connectivity index (χ1v) is 21.4. The highest BCUT2D eigenvalue weighted by atomic mass is 32.1. The molecule has 4 aromatic carbocycles. The standard InChI is InChI=1S/C50H45N7O4S/c1-29-21-33-13-9-10-14-35(33)28-57(29)49(60)42-23-36-27-56(50(61)43-26-52-48(62-43)32-11-7-6-8-12-32)20-19-34(36)22-41(42)46-45(40-24-38(25-51)54(4)30(40)2)44(31(3)55(46)5)47(59)53-37-15-17-39(58)18-16-37/h6-18,22-24,26,29,58H,19-21,27-28H2,1-5H3,(H,53,59)/t29-/m1/s1. The lowest BCUT2D eigenvalue weighted by Gasteiger charge is -2.36. The van der Waals surface area contributed by atoms with E-state index in [2.05, 4.69) is 41.5 Å². The third kappa shape index (κ3) is 7.04. The number of carbonyl (C=O) groups is 3. The van der Waals surface area contributed by atoms with Crippen molar-refractivity contribution in [3.63, 3.8) is 0 Å². The number of fused-ring (bicyclic) bond motifs is 2. The first-order valence-electron chi connectivity index (χ1n) is 20.6. The largest absolute Gasteiger partial charge is 0.508 e. The van der Waals surface area contributed by atoms with Gasteiger partial charge >= 0.3 is 0 Å². The van der Waals surface area contributed by atoms with Gasteiger partial charge in [-0.25, -0.2) is 4.98 Å². The van der Waals surface area contributed by atoms with E-state index in [1.54, 1.807) is 24.4 Å². The first kappa shape index (κ1) is 40.2. The average molecular weight is 840 g/mol. The first-order chi connectivity index (χ1) is 29.9. The molecule has 0 radical (unpaired) electrons. The molecule has 62 heavy (non-hydrogen) atoms. The van der Waals surface area contributed by atoms with Gasteiger partial charge in [0.1, 0.15) is 27.4 Å². The number of benzene rings is 4. The van der Waals surface area contributed by atoms with E-state index < -0.39 is 0 Å². The molecule has 3 amide bonds. The molecule has 0 aliphatic carbocycles. The lowest BCUT2D eigenvalue weighted by atomic mass is 9.87. The zero-order chi connectivity index (χ0) is 43.4. The summed E-state index contributed by atoms with van der Waals surface area (Å²) in [6, 6.07) is 32.4. The molecule has 2 aliphatic heterocycles. The summed E-state index contributed by atoms with van der Waals surface area (Å²) in [6.07, 6.45) is 2.91. The van der Waals surface area contributed by atoms with E-state index in [9.17, 15) is 20.0 Å². The van der Waals surface area contributed by atoms with Crippen molar-refractivity contribution in [3.8, 4) is 44.8 Å². The second kappa shape index (κ2) is 16.0. The van der Waals surface area contributed by atoms with Gasteiger partial charge in [0, 0.05) is 84.7 Å². The highest BCUT2D eigenvalue weighted by Gasteiger charge is 2.35. The molecule has 0 saturated heterocycles. The SMILES string of the molecule is Cc1c(-c2c(C(=O)Nc3ccc(O)cc3)c(C)n(C)c2-c2cc3c(cc2C(=O)N2Cc4ccccc4C[C@H]2C)CN(C(=O)c2cnc(-c4ccccc4)s2)CC3)cc(C#N)n1C. The summed E-state index contributed by atoms with van der Waals surface area (Å²) in [6.45, 7) is 7.11. The summed E-state index contributed by atoms with van der Waals surface area (Å²) in [4.78, 5) is 52.9. The topological polar surface area (TPSA) is 136 Å². The van der Waals surface area contributed by atoms with Gasteiger partial charge in [0.15, 0.2) is 0 Å². The number of aromatic nitrogens is 3. The fraction of sp³-hybridized carbons (Fsp3) is 0.220. The van der Waals surface area contributed by atoms with Gasteiger partial charge in [0.2, 0.25) is 0 Å². The van der Waals surface area contributed by atoms with Crippen molar-refractivity contribution in [2.45, 2.75) is 52.7 Å². The van der Waals surface area contributed by atoms with Crippen LogP contribution in [0.3, 0.4) is 0 Å². The van der Waals surface area contributed by atoms with Crippen LogP contribution < -0.4 is 5.32 Å². The van der Waals surface area contributed by atoms with Crippen LogP contribution in [0.2, 0.25) is 0 Å². The Labute approximate surface area is 364 Å². The lowest BCUT2D eigenvalue weighted by molar-refractivity contribution is 0.0658. The van der Waals surface area contributed by atoms with Gasteiger partial charge in [-0.3, -0.25) is 14.4 Å². The number of rotatable bonds is 7. The van der Waals surface area contributed by atoms with Crippen LogP contribution in [-0.2, 0) is 40.0 Å². The predicted molar refractivity (Wildman–Crippen MR) is 241 cm³/mol. The molecular formula is C50H45N7O4S. The van der Waals surface area contributed by atoms with Gasteiger partial charge in [-0.2, -0.15) is 5.26 Å². The van der Waals surface area contributed by atoms with Crippen molar-refractivity contribution in [1.82, 2.24) is 23.9 Å². The maximum absolute atomic E-state index is 15.4. The predicted octanol–water partition coefficient (Wildman–Crippen LogP) is 9.05. The number of thiazole rings is 1. The molecule has 0 spiro atoms. The third-order valence-corrected chi connectivity index (χ3v) is 13.6. The van der Waals surface area contributed by atoms with Crippen LogP contribution in [0.1, 0.15) is 76.6 Å². The van der Waals surface area contributed by atoms with Gasteiger partial charge in [0.25, 0.3) is 17.7 Å². The molecule has 11 nitrogen and oxygen atoms in total. The number of hydrogen-bond donors (Lipinski definition) is 2. The molecular weight excluding hydrogens is 795 g/mol. The Balaban J connectivity index is 1.20. The highest BCUT2D eigenvalue weighted by molar-refractivity contribution is 7.16. The molecule has 3 aromatic heterocycles. The van der Waals surface area contributed by atoms with Crippen LogP contribution in [0.15, 0.2) is 103 Å². The van der Waals surface area contributed by atoms with E-state index in [0.717, 1.165) is 33.0 Å². The Morgan fingerprint density at radius 2 is 1.55 bits per heavy atom. The minimum absolute atomic E-state index is 0.0788. The van der Waals surface area contributed by atoms with Crippen molar-refractivity contribution in [3.05, 3.63) is 159 Å². The second-order valence-electron chi connectivity index (χ2n) is 16.2. The molecule has 0 saturated carbocycles. The monoisotopic (exact) mass is 839 g/mol. The lowest BCUT2D eigenvalue weighted by Crippen LogP contribution is -2.43. The Morgan fingerprint density at radius 3 is 2.27 bits per heavy atom. The number of carbonyl (C=O) groups excluding carboxylic acids is 3. The van der Waals surface area contributed by atoms with E-state index in [1.165, 1.54) is 29.0 Å². The third-order valence-electron chi connectivity index (χ3n) is 12.6. The number of hydrogen-bond acceptors (Lipinski definition) is 7. The van der Waals surface area contributed by atoms with Crippen molar-refractivity contribution >= 4 is 34.7 Å². The van der Waals surface area contributed by atoms with Crippen molar-refractivity contribution < 1.29 is 19.5 Å². The highest BCUT2D eigenvalue weighted by Crippen LogP contribution is 2.44. The number of nitrogens with one attached hydrogen (secondary N) is 1. The number of nitrogens with zero attached hydrogens (tertiary/aromatic N) is 6. The Hall–Kier alpha value is -7.23. The summed E-state index contributed by atoms with van der Waals surface area (Å²) in [5.74, 6) is -0.543. The number of aromatic hydroxyl groups is 1. The van der Waals surface area contributed by atoms with E-state index >= 15 is 4.79 Å². The molecule has 2 aliphatic rings. The molecule has 5 heterocycles. The van der Waals surface area contributed by atoms with Crippen LogP contribution >= 0.6 is 11.3 Å². The van der Waals surface area contributed by atoms with Crippen LogP contribution in [0, 0.1) is 25.2 Å². The molecule has 0 unspecified atom stereocenters. The van der Waals surface area contributed by atoms with E-state index in [1.807, 2.05) is 95.4 Å². The van der Waals surface area contributed by atoms with E-state index in [4.69, 9.17) is 0 Å². The zero-order valence-corrected chi connectivity index (χ0v) is 36.0. The summed E-state index contributed by atoms with van der Waals surface area (Å²) in [5, 5.41) is 23.9. The van der Waals surface area contributed by atoms with Crippen LogP contribution in [-0.4, -0.2) is 59.3 Å². The molecule has 310 valence electrons. The van der Waals surface area contributed by atoms with Crippen molar-refractivity contribution in [2.24, 2.45) is 14.1 Å². The Kier molecular flexibility index (Phi) is 10.4. The molecule has 9 rings (SSSR count). The number of phenolic OH excluding ortho intramolecular Hbond substituents is 1. The van der Waals surface area contributed by atoms with Gasteiger partial charge < -0.3 is 29.4 Å². The van der Waals surface area contributed by atoms with Gasteiger partial charge in [-0.15, -0.1) is 11.3 Å². The molecule has 12 heteroatoms. The van der Waals surface area contributed by atoms with Gasteiger partial charge in [-0.1, -0.05) is 54.6 Å². The maximum Gasteiger partial charge on any atom is 0.265 e. The Morgan fingerprint density at radius 1 is 0.823 bits per heavy atom. The fourth-order valence-electron chi connectivity index (χ4n) is 8.96. The minimum atomic E-state index is -0.369. The van der Waals surface area contributed by atoms with Crippen LogP contribution in [0.25, 0.3) is 33.0 Å². The normalized spacial score (nSPS) is 14.5. The zero-order valence-electron chi connectivity index (χ0n) is 35.2. The van der Waals surface area contributed by atoms with Crippen LogP contribution in [0.4, 0.5) is 5.69 Å². The van der Waals surface area contributed by atoms with Crippen molar-refractivity contribution in [2.75, 3.05) is 11.9 Å². The molecule has 7 aromatic rings. The Bertz CT molecular complexity index is 2970.